The lowest BCUT2D eigenvalue weighted by Crippen LogP contribution is -2.46. The molecule has 4 heteroatoms. The lowest BCUT2D eigenvalue weighted by atomic mass is 9.99. The van der Waals surface area contributed by atoms with Crippen molar-refractivity contribution in [2.45, 2.75) is 24.9 Å². The second-order valence-corrected chi connectivity index (χ2v) is 6.34. The van der Waals surface area contributed by atoms with Crippen LogP contribution in [0.25, 0.3) is 0 Å². The van der Waals surface area contributed by atoms with Crippen molar-refractivity contribution in [3.8, 4) is 0 Å². The van der Waals surface area contributed by atoms with Crippen LogP contribution in [0.1, 0.15) is 12.0 Å². The molecule has 21 heavy (non-hydrogen) atoms. The van der Waals surface area contributed by atoms with Crippen molar-refractivity contribution in [3.05, 3.63) is 35.9 Å². The fourth-order valence-corrected chi connectivity index (χ4v) is 3.13. The second kappa shape index (κ2) is 7.05. The van der Waals surface area contributed by atoms with Gasteiger partial charge in [-0.1, -0.05) is 30.3 Å². The van der Waals surface area contributed by atoms with E-state index in [2.05, 4.69) is 54.2 Å². The molecule has 0 spiro atoms. The first-order valence-corrected chi connectivity index (χ1v) is 7.63. The zero-order valence-corrected chi connectivity index (χ0v) is 13.6. The van der Waals surface area contributed by atoms with Crippen LogP contribution in [0.15, 0.2) is 30.3 Å². The molecular formula is C17H27N3O. The molecule has 2 rings (SSSR count). The summed E-state index contributed by atoms with van der Waals surface area (Å²) >= 11 is 0. The zero-order chi connectivity index (χ0) is 15.4. The molecule has 1 aromatic rings. The lowest BCUT2D eigenvalue weighted by molar-refractivity contribution is -0.130. The number of rotatable bonds is 5. The first-order chi connectivity index (χ1) is 9.99. The Morgan fingerprint density at radius 3 is 2.43 bits per heavy atom. The molecule has 1 aliphatic heterocycles. The van der Waals surface area contributed by atoms with Gasteiger partial charge in [0.05, 0.1) is 6.54 Å². The average molecular weight is 289 g/mol. The van der Waals surface area contributed by atoms with Gasteiger partial charge in [0.25, 0.3) is 0 Å². The minimum Gasteiger partial charge on any atom is -0.348 e. The zero-order valence-electron chi connectivity index (χ0n) is 13.6. The van der Waals surface area contributed by atoms with E-state index in [1.54, 1.807) is 4.90 Å². The van der Waals surface area contributed by atoms with Crippen molar-refractivity contribution < 1.29 is 4.79 Å². The van der Waals surface area contributed by atoms with Gasteiger partial charge in [-0.25, -0.2) is 0 Å². The van der Waals surface area contributed by atoms with E-state index in [4.69, 9.17) is 0 Å². The molecular weight excluding hydrogens is 262 g/mol. The minimum atomic E-state index is 0.187. The fraction of sp³-hybridized carbons (Fsp3) is 0.588. The number of carbonyl (C=O) groups excluding carboxylic acids is 1. The summed E-state index contributed by atoms with van der Waals surface area (Å²) in [5.41, 5.74) is 1.35. The highest BCUT2D eigenvalue weighted by atomic mass is 16.2. The largest absolute Gasteiger partial charge is 0.348 e. The Balaban J connectivity index is 2.11. The van der Waals surface area contributed by atoms with E-state index in [0.29, 0.717) is 18.6 Å². The van der Waals surface area contributed by atoms with Gasteiger partial charge in [0.1, 0.15) is 0 Å². The van der Waals surface area contributed by atoms with Crippen LogP contribution in [0.5, 0.6) is 0 Å². The van der Waals surface area contributed by atoms with E-state index in [1.807, 2.05) is 14.1 Å². The Bertz CT molecular complexity index is 458. The number of amides is 1. The predicted octanol–water partition coefficient (Wildman–Crippen LogP) is 1.32. The molecule has 0 aliphatic carbocycles. The van der Waals surface area contributed by atoms with E-state index in [0.717, 1.165) is 19.4 Å². The predicted molar refractivity (Wildman–Crippen MR) is 86.3 cm³/mol. The van der Waals surface area contributed by atoms with E-state index in [1.165, 1.54) is 5.56 Å². The van der Waals surface area contributed by atoms with Gasteiger partial charge in [-0.15, -0.1) is 0 Å². The average Bonchev–Trinajstić information content (AvgIpc) is 2.83. The number of benzene rings is 1. The Labute approximate surface area is 128 Å². The summed E-state index contributed by atoms with van der Waals surface area (Å²) in [6.07, 6.45) is 2.13. The Kier molecular flexibility index (Phi) is 5.37. The highest BCUT2D eigenvalue weighted by Gasteiger charge is 2.36. The molecule has 1 heterocycles. The number of likely N-dealkylation sites (N-methyl/N-ethyl adjacent to an activating group) is 2. The molecule has 116 valence electrons. The minimum absolute atomic E-state index is 0.187. The summed E-state index contributed by atoms with van der Waals surface area (Å²) < 4.78 is 0. The summed E-state index contributed by atoms with van der Waals surface area (Å²) in [6, 6.07) is 11.5. The summed E-state index contributed by atoms with van der Waals surface area (Å²) in [5, 5.41) is 0. The van der Waals surface area contributed by atoms with Gasteiger partial charge in [-0.3, -0.25) is 9.69 Å². The van der Waals surface area contributed by atoms with Gasteiger partial charge in [-0.05, 0) is 32.5 Å². The van der Waals surface area contributed by atoms with Gasteiger partial charge in [-0.2, -0.15) is 0 Å². The van der Waals surface area contributed by atoms with Crippen molar-refractivity contribution in [1.82, 2.24) is 14.7 Å². The molecule has 2 atom stereocenters. The number of nitrogens with zero attached hydrogens (tertiary/aromatic N) is 3. The molecule has 0 bridgehead atoms. The fourth-order valence-electron chi connectivity index (χ4n) is 3.13. The highest BCUT2D eigenvalue weighted by Crippen LogP contribution is 2.24. The van der Waals surface area contributed by atoms with E-state index in [9.17, 15) is 4.79 Å². The first kappa shape index (κ1) is 16.0. The first-order valence-electron chi connectivity index (χ1n) is 7.63. The third kappa shape index (κ3) is 4.05. The van der Waals surface area contributed by atoms with Crippen LogP contribution < -0.4 is 0 Å². The van der Waals surface area contributed by atoms with Crippen molar-refractivity contribution in [1.29, 1.82) is 0 Å². The van der Waals surface area contributed by atoms with Crippen LogP contribution in [0.2, 0.25) is 0 Å². The van der Waals surface area contributed by atoms with Gasteiger partial charge >= 0.3 is 0 Å². The summed E-state index contributed by atoms with van der Waals surface area (Å²) in [5.74, 6) is 0.187. The number of hydrogen-bond donors (Lipinski definition) is 0. The Hall–Kier alpha value is -1.39. The maximum atomic E-state index is 12.0. The SMILES string of the molecule is CN(C)C(=O)CN1CC[C@@H](N(C)C)[C@@H]1Cc1ccccc1. The molecule has 0 unspecified atom stereocenters. The Morgan fingerprint density at radius 2 is 1.86 bits per heavy atom. The Morgan fingerprint density at radius 1 is 1.19 bits per heavy atom. The maximum Gasteiger partial charge on any atom is 0.236 e. The highest BCUT2D eigenvalue weighted by molar-refractivity contribution is 5.77. The van der Waals surface area contributed by atoms with Crippen LogP contribution in [0.4, 0.5) is 0 Å². The smallest absolute Gasteiger partial charge is 0.236 e. The third-order valence-corrected chi connectivity index (χ3v) is 4.41. The van der Waals surface area contributed by atoms with E-state index >= 15 is 0 Å². The summed E-state index contributed by atoms with van der Waals surface area (Å²) in [6.45, 7) is 1.52. The van der Waals surface area contributed by atoms with Crippen LogP contribution in [-0.4, -0.2) is 74.0 Å². The van der Waals surface area contributed by atoms with Crippen molar-refractivity contribution >= 4 is 5.91 Å². The lowest BCUT2D eigenvalue weighted by Gasteiger charge is -2.31. The van der Waals surface area contributed by atoms with Crippen molar-refractivity contribution in [2.75, 3.05) is 41.3 Å². The normalized spacial score (nSPS) is 22.7. The monoisotopic (exact) mass is 289 g/mol. The van der Waals surface area contributed by atoms with E-state index < -0.39 is 0 Å². The van der Waals surface area contributed by atoms with Crippen LogP contribution >= 0.6 is 0 Å². The molecule has 1 fully saturated rings. The molecule has 1 amide bonds. The summed E-state index contributed by atoms with van der Waals surface area (Å²) in [4.78, 5) is 18.4. The standard InChI is InChI=1S/C17H27N3O/c1-18(2)15-10-11-20(13-17(21)19(3)4)16(15)12-14-8-6-5-7-9-14/h5-9,15-16H,10-13H2,1-4H3/t15-,16+/m1/s1. The molecule has 1 aromatic carbocycles. The second-order valence-electron chi connectivity index (χ2n) is 6.34. The van der Waals surface area contributed by atoms with E-state index in [-0.39, 0.29) is 5.91 Å². The molecule has 0 saturated carbocycles. The maximum absolute atomic E-state index is 12.0. The van der Waals surface area contributed by atoms with Crippen molar-refractivity contribution in [2.24, 2.45) is 0 Å². The van der Waals surface area contributed by atoms with Gasteiger partial charge in [0.15, 0.2) is 0 Å². The quantitative estimate of drug-likeness (QED) is 0.818. The van der Waals surface area contributed by atoms with Crippen LogP contribution in [-0.2, 0) is 11.2 Å². The summed E-state index contributed by atoms with van der Waals surface area (Å²) in [7, 11) is 7.93. The third-order valence-electron chi connectivity index (χ3n) is 4.41. The van der Waals surface area contributed by atoms with Gasteiger partial charge < -0.3 is 9.80 Å². The van der Waals surface area contributed by atoms with Crippen LogP contribution in [0.3, 0.4) is 0 Å². The number of carbonyl (C=O) groups is 1. The molecule has 1 aliphatic rings. The van der Waals surface area contributed by atoms with Crippen molar-refractivity contribution in [3.63, 3.8) is 0 Å². The molecule has 4 nitrogen and oxygen atoms in total. The van der Waals surface area contributed by atoms with Gasteiger partial charge in [0.2, 0.25) is 5.91 Å². The molecule has 0 N–H and O–H groups in total. The molecule has 0 radical (unpaired) electrons. The molecule has 1 saturated heterocycles. The number of hydrogen-bond acceptors (Lipinski definition) is 3. The van der Waals surface area contributed by atoms with Crippen LogP contribution in [0, 0.1) is 0 Å². The van der Waals surface area contributed by atoms with Gasteiger partial charge in [0, 0.05) is 32.7 Å². The molecule has 0 aromatic heterocycles. The topological polar surface area (TPSA) is 26.8 Å². The number of likely N-dealkylation sites (tertiary alicyclic amines) is 1.